The van der Waals surface area contributed by atoms with Gasteiger partial charge in [0.1, 0.15) is 12.4 Å². The van der Waals surface area contributed by atoms with Crippen molar-refractivity contribution in [1.82, 2.24) is 10.6 Å². The fourth-order valence-corrected chi connectivity index (χ4v) is 1.88. The lowest BCUT2D eigenvalue weighted by Gasteiger charge is -2.07. The van der Waals surface area contributed by atoms with Gasteiger partial charge in [-0.25, -0.2) is 4.39 Å². The summed E-state index contributed by atoms with van der Waals surface area (Å²) >= 11 is 0. The van der Waals surface area contributed by atoms with E-state index in [1.807, 2.05) is 0 Å². The number of carbonyl (C=O) groups excluding carboxylic acids is 4. The van der Waals surface area contributed by atoms with Crippen LogP contribution in [0.5, 0.6) is 0 Å². The van der Waals surface area contributed by atoms with Crippen molar-refractivity contribution in [2.45, 2.75) is 0 Å². The van der Waals surface area contributed by atoms with E-state index in [4.69, 9.17) is 0 Å². The van der Waals surface area contributed by atoms with E-state index < -0.39 is 42.7 Å². The number of benzene rings is 2. The number of hydrogen-bond donors (Lipinski definition) is 2. The van der Waals surface area contributed by atoms with Gasteiger partial charge in [0.15, 0.2) is 6.61 Å². The van der Waals surface area contributed by atoms with Gasteiger partial charge in [0, 0.05) is 11.1 Å². The number of imide groups is 1. The zero-order valence-electron chi connectivity index (χ0n) is 13.5. The van der Waals surface area contributed by atoms with Crippen molar-refractivity contribution in [3.8, 4) is 0 Å². The number of nitrogens with one attached hydrogen (secondary N) is 2. The first-order valence-electron chi connectivity index (χ1n) is 7.54. The fourth-order valence-electron chi connectivity index (χ4n) is 1.88. The van der Waals surface area contributed by atoms with Crippen molar-refractivity contribution in [1.29, 1.82) is 0 Å². The summed E-state index contributed by atoms with van der Waals surface area (Å²) in [6, 6.07) is 12.8. The monoisotopic (exact) mass is 358 g/mol. The Morgan fingerprint density at radius 1 is 0.846 bits per heavy atom. The quantitative estimate of drug-likeness (QED) is 0.752. The van der Waals surface area contributed by atoms with E-state index in [9.17, 15) is 23.6 Å². The Kier molecular flexibility index (Phi) is 6.55. The van der Waals surface area contributed by atoms with Crippen LogP contribution in [-0.2, 0) is 14.3 Å². The Bertz CT molecular complexity index is 806. The molecule has 2 rings (SSSR count). The molecule has 3 amide bonds. The summed E-state index contributed by atoms with van der Waals surface area (Å²) in [4.78, 5) is 46.6. The molecule has 0 unspecified atom stereocenters. The predicted octanol–water partition coefficient (Wildman–Crippen LogP) is 1.06. The lowest BCUT2D eigenvalue weighted by atomic mass is 10.2. The number of carbonyl (C=O) groups is 4. The molecule has 0 bridgehead atoms. The van der Waals surface area contributed by atoms with Crippen molar-refractivity contribution < 1.29 is 28.3 Å². The van der Waals surface area contributed by atoms with Gasteiger partial charge in [-0.15, -0.1) is 0 Å². The Morgan fingerprint density at radius 3 is 2.12 bits per heavy atom. The number of halogens is 1. The molecule has 2 aromatic rings. The van der Waals surface area contributed by atoms with Crippen LogP contribution in [0, 0.1) is 5.82 Å². The molecular formula is C18H15FN2O5. The maximum atomic E-state index is 12.8. The van der Waals surface area contributed by atoms with E-state index in [2.05, 4.69) is 15.4 Å². The van der Waals surface area contributed by atoms with E-state index >= 15 is 0 Å². The average molecular weight is 358 g/mol. The Balaban J connectivity index is 1.71. The van der Waals surface area contributed by atoms with Crippen molar-refractivity contribution in [3.63, 3.8) is 0 Å². The maximum Gasteiger partial charge on any atom is 0.325 e. The Morgan fingerprint density at radius 2 is 1.46 bits per heavy atom. The SMILES string of the molecule is O=C(COC(=O)CNC(=O)c1ccc(F)cc1)NC(=O)c1ccccc1. The van der Waals surface area contributed by atoms with E-state index in [1.54, 1.807) is 18.2 Å². The molecule has 0 aromatic heterocycles. The summed E-state index contributed by atoms with van der Waals surface area (Å²) in [5.41, 5.74) is 0.462. The zero-order chi connectivity index (χ0) is 18.9. The van der Waals surface area contributed by atoms with Gasteiger partial charge in [-0.3, -0.25) is 24.5 Å². The standard InChI is InChI=1S/C18H15FN2O5/c19-14-8-6-13(7-9-14)17(24)20-10-16(23)26-11-15(22)21-18(25)12-4-2-1-3-5-12/h1-9H,10-11H2,(H,20,24)(H,21,22,25). The molecule has 0 atom stereocenters. The third kappa shape index (κ3) is 5.82. The minimum atomic E-state index is -0.859. The molecule has 0 aliphatic carbocycles. The molecule has 0 radical (unpaired) electrons. The first-order valence-corrected chi connectivity index (χ1v) is 7.54. The molecule has 0 saturated carbocycles. The molecule has 134 valence electrons. The third-order valence-corrected chi connectivity index (χ3v) is 3.15. The fraction of sp³-hybridized carbons (Fsp3) is 0.111. The normalized spacial score (nSPS) is 9.88. The molecule has 2 aromatic carbocycles. The first kappa shape index (κ1) is 18.8. The molecular weight excluding hydrogens is 343 g/mol. The summed E-state index contributed by atoms with van der Waals surface area (Å²) in [6.07, 6.45) is 0. The second-order valence-corrected chi connectivity index (χ2v) is 5.09. The third-order valence-electron chi connectivity index (χ3n) is 3.15. The van der Waals surface area contributed by atoms with Crippen LogP contribution in [0.25, 0.3) is 0 Å². The second kappa shape index (κ2) is 9.07. The van der Waals surface area contributed by atoms with Gasteiger partial charge in [0.05, 0.1) is 0 Å². The van der Waals surface area contributed by atoms with Gasteiger partial charge in [0.25, 0.3) is 17.7 Å². The van der Waals surface area contributed by atoms with Gasteiger partial charge >= 0.3 is 5.97 Å². The van der Waals surface area contributed by atoms with E-state index in [0.29, 0.717) is 5.56 Å². The zero-order valence-corrected chi connectivity index (χ0v) is 13.5. The minimum absolute atomic E-state index is 0.172. The van der Waals surface area contributed by atoms with Crippen molar-refractivity contribution in [2.24, 2.45) is 0 Å². The van der Waals surface area contributed by atoms with Gasteiger partial charge in [-0.05, 0) is 36.4 Å². The predicted molar refractivity (Wildman–Crippen MR) is 88.6 cm³/mol. The van der Waals surface area contributed by atoms with Crippen molar-refractivity contribution >= 4 is 23.7 Å². The molecule has 8 heteroatoms. The highest BCUT2D eigenvalue weighted by molar-refractivity contribution is 6.05. The number of esters is 1. The lowest BCUT2D eigenvalue weighted by Crippen LogP contribution is -2.36. The number of amides is 3. The van der Waals surface area contributed by atoms with Crippen LogP contribution in [0.2, 0.25) is 0 Å². The van der Waals surface area contributed by atoms with Crippen LogP contribution in [0.4, 0.5) is 4.39 Å². The summed E-state index contributed by atoms with van der Waals surface area (Å²) in [5, 5.41) is 4.34. The molecule has 0 fully saturated rings. The first-order chi connectivity index (χ1) is 12.5. The largest absolute Gasteiger partial charge is 0.454 e. The highest BCUT2D eigenvalue weighted by Crippen LogP contribution is 2.02. The highest BCUT2D eigenvalue weighted by Gasteiger charge is 2.13. The van der Waals surface area contributed by atoms with E-state index in [0.717, 1.165) is 12.1 Å². The number of hydrogen-bond acceptors (Lipinski definition) is 5. The molecule has 0 aliphatic heterocycles. The van der Waals surface area contributed by atoms with Crippen LogP contribution >= 0.6 is 0 Å². The summed E-state index contributed by atoms with van der Waals surface area (Å²) in [7, 11) is 0. The van der Waals surface area contributed by atoms with Crippen molar-refractivity contribution in [3.05, 3.63) is 71.5 Å². The second-order valence-electron chi connectivity index (χ2n) is 5.09. The van der Waals surface area contributed by atoms with Crippen LogP contribution in [0.1, 0.15) is 20.7 Å². The van der Waals surface area contributed by atoms with Gasteiger partial charge in [0.2, 0.25) is 0 Å². The highest BCUT2D eigenvalue weighted by atomic mass is 19.1. The van der Waals surface area contributed by atoms with Gasteiger partial charge in [-0.1, -0.05) is 18.2 Å². The van der Waals surface area contributed by atoms with Crippen LogP contribution < -0.4 is 10.6 Å². The smallest absolute Gasteiger partial charge is 0.325 e. The molecule has 0 spiro atoms. The molecule has 0 heterocycles. The molecule has 0 aliphatic rings. The minimum Gasteiger partial charge on any atom is -0.454 e. The Labute approximate surface area is 148 Å². The number of rotatable bonds is 6. The van der Waals surface area contributed by atoms with E-state index in [1.165, 1.54) is 24.3 Å². The van der Waals surface area contributed by atoms with E-state index in [-0.39, 0.29) is 5.56 Å². The summed E-state index contributed by atoms with van der Waals surface area (Å²) in [5.74, 6) is -3.35. The maximum absolute atomic E-state index is 12.8. The molecule has 7 nitrogen and oxygen atoms in total. The van der Waals surface area contributed by atoms with Crippen molar-refractivity contribution in [2.75, 3.05) is 13.2 Å². The van der Waals surface area contributed by atoms with Gasteiger partial charge in [-0.2, -0.15) is 0 Å². The summed E-state index contributed by atoms with van der Waals surface area (Å²) < 4.78 is 17.4. The topological polar surface area (TPSA) is 102 Å². The molecule has 2 N–H and O–H groups in total. The Hall–Kier alpha value is -3.55. The van der Waals surface area contributed by atoms with Gasteiger partial charge < -0.3 is 10.1 Å². The molecule has 0 saturated heterocycles. The molecule has 26 heavy (non-hydrogen) atoms. The van der Waals surface area contributed by atoms with Crippen LogP contribution in [-0.4, -0.2) is 36.8 Å². The lowest BCUT2D eigenvalue weighted by molar-refractivity contribution is -0.147. The number of ether oxygens (including phenoxy) is 1. The van der Waals surface area contributed by atoms with Crippen LogP contribution in [0.15, 0.2) is 54.6 Å². The summed E-state index contributed by atoms with van der Waals surface area (Å²) in [6.45, 7) is -1.14. The average Bonchev–Trinajstić information content (AvgIpc) is 2.65. The van der Waals surface area contributed by atoms with Crippen LogP contribution in [0.3, 0.4) is 0 Å².